The van der Waals surface area contributed by atoms with Crippen LogP contribution in [-0.2, 0) is 6.42 Å². The van der Waals surface area contributed by atoms with Crippen LogP contribution in [0.5, 0.6) is 0 Å². The number of pyridine rings is 1. The first-order valence-corrected chi connectivity index (χ1v) is 6.78. The Labute approximate surface area is 118 Å². The number of nitrogens with zero attached hydrogens (tertiary/aromatic N) is 2. The molecule has 1 unspecified atom stereocenters. The quantitative estimate of drug-likeness (QED) is 0.892. The third-order valence-corrected chi connectivity index (χ3v) is 3.60. The van der Waals surface area contributed by atoms with Gasteiger partial charge in [-0.2, -0.15) is 5.26 Å². The van der Waals surface area contributed by atoms with Crippen LogP contribution < -0.4 is 10.6 Å². The van der Waals surface area contributed by atoms with Crippen LogP contribution >= 0.6 is 0 Å². The van der Waals surface area contributed by atoms with E-state index in [4.69, 9.17) is 5.26 Å². The molecular weight excluding hydrogens is 248 g/mol. The SMILES string of the molecule is N#Cc1ccc(NCC2NCCc3ccccc32)nc1. The van der Waals surface area contributed by atoms with Crippen LogP contribution in [0.3, 0.4) is 0 Å². The van der Waals surface area contributed by atoms with E-state index in [1.165, 1.54) is 11.1 Å². The second-order valence-electron chi connectivity index (χ2n) is 4.88. The van der Waals surface area contributed by atoms with Crippen molar-refractivity contribution in [3.05, 3.63) is 59.3 Å². The van der Waals surface area contributed by atoms with Gasteiger partial charge in [0.25, 0.3) is 0 Å². The van der Waals surface area contributed by atoms with Crippen molar-refractivity contribution >= 4 is 5.82 Å². The summed E-state index contributed by atoms with van der Waals surface area (Å²) in [6, 6.07) is 14.5. The largest absolute Gasteiger partial charge is 0.368 e. The van der Waals surface area contributed by atoms with Gasteiger partial charge in [-0.25, -0.2) is 4.98 Å². The number of nitriles is 1. The smallest absolute Gasteiger partial charge is 0.126 e. The van der Waals surface area contributed by atoms with Crippen molar-refractivity contribution in [3.63, 3.8) is 0 Å². The molecule has 0 aliphatic carbocycles. The van der Waals surface area contributed by atoms with Crippen LogP contribution in [0.15, 0.2) is 42.6 Å². The van der Waals surface area contributed by atoms with Crippen LogP contribution in [0.1, 0.15) is 22.7 Å². The van der Waals surface area contributed by atoms with E-state index < -0.39 is 0 Å². The Balaban J connectivity index is 1.68. The van der Waals surface area contributed by atoms with Crippen molar-refractivity contribution < 1.29 is 0 Å². The molecule has 0 radical (unpaired) electrons. The van der Waals surface area contributed by atoms with Crippen molar-refractivity contribution in [1.82, 2.24) is 10.3 Å². The third-order valence-electron chi connectivity index (χ3n) is 3.60. The van der Waals surface area contributed by atoms with Crippen molar-refractivity contribution in [2.75, 3.05) is 18.4 Å². The Morgan fingerprint density at radius 3 is 3.00 bits per heavy atom. The van der Waals surface area contributed by atoms with E-state index in [0.29, 0.717) is 11.6 Å². The zero-order chi connectivity index (χ0) is 13.8. The summed E-state index contributed by atoms with van der Waals surface area (Å²) in [5.74, 6) is 0.800. The minimum atomic E-state index is 0.303. The molecule has 3 rings (SSSR count). The summed E-state index contributed by atoms with van der Waals surface area (Å²) in [4.78, 5) is 4.23. The van der Waals surface area contributed by atoms with Crippen molar-refractivity contribution in [3.8, 4) is 6.07 Å². The summed E-state index contributed by atoms with van der Waals surface area (Å²) in [5.41, 5.74) is 3.36. The normalized spacial score (nSPS) is 17.1. The molecule has 4 nitrogen and oxygen atoms in total. The van der Waals surface area contributed by atoms with Gasteiger partial charge in [0.05, 0.1) is 5.56 Å². The molecule has 0 spiro atoms. The summed E-state index contributed by atoms with van der Waals surface area (Å²) in [6.45, 7) is 1.79. The minimum Gasteiger partial charge on any atom is -0.368 e. The van der Waals surface area contributed by atoms with E-state index in [-0.39, 0.29) is 0 Å². The zero-order valence-corrected chi connectivity index (χ0v) is 11.1. The molecule has 2 N–H and O–H groups in total. The summed E-state index contributed by atoms with van der Waals surface area (Å²) in [5, 5.41) is 15.6. The van der Waals surface area contributed by atoms with E-state index in [9.17, 15) is 0 Å². The van der Waals surface area contributed by atoms with E-state index in [1.54, 1.807) is 12.3 Å². The standard InChI is InChI=1S/C16H16N4/c17-9-12-5-6-16(19-10-12)20-11-15-14-4-2-1-3-13(14)7-8-18-15/h1-6,10,15,18H,7-8,11H2,(H,19,20). The monoisotopic (exact) mass is 264 g/mol. The molecule has 2 aromatic rings. The van der Waals surface area contributed by atoms with Crippen LogP contribution in [0.4, 0.5) is 5.82 Å². The third kappa shape index (κ3) is 2.63. The molecule has 1 aromatic carbocycles. The molecule has 1 aromatic heterocycles. The van der Waals surface area contributed by atoms with E-state index in [2.05, 4.69) is 46.0 Å². The molecule has 20 heavy (non-hydrogen) atoms. The number of aromatic nitrogens is 1. The highest BCUT2D eigenvalue weighted by Gasteiger charge is 2.18. The number of hydrogen-bond acceptors (Lipinski definition) is 4. The maximum Gasteiger partial charge on any atom is 0.126 e. The highest BCUT2D eigenvalue weighted by molar-refractivity contribution is 5.40. The molecule has 4 heteroatoms. The first-order chi connectivity index (χ1) is 9.86. The first-order valence-electron chi connectivity index (χ1n) is 6.78. The van der Waals surface area contributed by atoms with Gasteiger partial charge in [0, 0.05) is 18.8 Å². The molecule has 0 fully saturated rings. The average molecular weight is 264 g/mol. The van der Waals surface area contributed by atoms with E-state index in [0.717, 1.165) is 25.3 Å². The Kier molecular flexibility index (Phi) is 3.62. The maximum absolute atomic E-state index is 8.75. The van der Waals surface area contributed by atoms with Crippen molar-refractivity contribution in [1.29, 1.82) is 5.26 Å². The fourth-order valence-corrected chi connectivity index (χ4v) is 2.55. The molecule has 1 aliphatic rings. The number of fused-ring (bicyclic) bond motifs is 1. The molecular formula is C16H16N4. The Bertz CT molecular complexity index is 628. The second kappa shape index (κ2) is 5.72. The maximum atomic E-state index is 8.75. The van der Waals surface area contributed by atoms with Gasteiger partial charge in [-0.1, -0.05) is 24.3 Å². The molecule has 0 amide bonds. The fourth-order valence-electron chi connectivity index (χ4n) is 2.55. The number of benzene rings is 1. The molecule has 0 bridgehead atoms. The van der Waals surface area contributed by atoms with Crippen molar-refractivity contribution in [2.45, 2.75) is 12.5 Å². The zero-order valence-electron chi connectivity index (χ0n) is 11.1. The lowest BCUT2D eigenvalue weighted by molar-refractivity contribution is 0.523. The van der Waals surface area contributed by atoms with Gasteiger partial charge in [-0.15, -0.1) is 0 Å². The lowest BCUT2D eigenvalue weighted by Gasteiger charge is -2.27. The van der Waals surface area contributed by atoms with E-state index in [1.807, 2.05) is 6.07 Å². The van der Waals surface area contributed by atoms with Gasteiger partial charge in [0.2, 0.25) is 0 Å². The summed E-state index contributed by atoms with van der Waals surface area (Å²) < 4.78 is 0. The number of nitrogens with one attached hydrogen (secondary N) is 2. The molecule has 1 atom stereocenters. The number of rotatable bonds is 3. The Morgan fingerprint density at radius 1 is 1.30 bits per heavy atom. The topological polar surface area (TPSA) is 60.7 Å². The minimum absolute atomic E-state index is 0.303. The molecule has 2 heterocycles. The highest BCUT2D eigenvalue weighted by atomic mass is 15.0. The lowest BCUT2D eigenvalue weighted by Crippen LogP contribution is -2.34. The van der Waals surface area contributed by atoms with Gasteiger partial charge in [0.15, 0.2) is 0 Å². The first kappa shape index (κ1) is 12.6. The predicted molar refractivity (Wildman–Crippen MR) is 78.3 cm³/mol. The summed E-state index contributed by atoms with van der Waals surface area (Å²) in [7, 11) is 0. The number of anilines is 1. The average Bonchev–Trinajstić information content (AvgIpc) is 2.53. The summed E-state index contributed by atoms with van der Waals surface area (Å²) >= 11 is 0. The van der Waals surface area contributed by atoms with Crippen LogP contribution in [0.25, 0.3) is 0 Å². The molecule has 100 valence electrons. The van der Waals surface area contributed by atoms with Gasteiger partial charge >= 0.3 is 0 Å². The predicted octanol–water partition coefficient (Wildman–Crippen LogP) is 2.25. The number of hydrogen-bond donors (Lipinski definition) is 2. The fraction of sp³-hybridized carbons (Fsp3) is 0.250. The molecule has 1 aliphatic heterocycles. The van der Waals surface area contributed by atoms with Crippen molar-refractivity contribution in [2.24, 2.45) is 0 Å². The van der Waals surface area contributed by atoms with Crippen LogP contribution in [-0.4, -0.2) is 18.1 Å². The Morgan fingerprint density at radius 2 is 2.20 bits per heavy atom. The van der Waals surface area contributed by atoms with Crippen LogP contribution in [0.2, 0.25) is 0 Å². The highest BCUT2D eigenvalue weighted by Crippen LogP contribution is 2.22. The summed E-state index contributed by atoms with van der Waals surface area (Å²) in [6.07, 6.45) is 2.67. The van der Waals surface area contributed by atoms with E-state index >= 15 is 0 Å². The lowest BCUT2D eigenvalue weighted by atomic mass is 9.94. The van der Waals surface area contributed by atoms with Gasteiger partial charge in [-0.3, -0.25) is 0 Å². The molecule has 0 saturated carbocycles. The second-order valence-corrected chi connectivity index (χ2v) is 4.88. The Hall–Kier alpha value is -2.38. The van der Waals surface area contributed by atoms with Gasteiger partial charge in [0.1, 0.15) is 11.9 Å². The molecule has 0 saturated heterocycles. The van der Waals surface area contributed by atoms with Gasteiger partial charge < -0.3 is 10.6 Å². The van der Waals surface area contributed by atoms with Gasteiger partial charge in [-0.05, 0) is 36.2 Å². The van der Waals surface area contributed by atoms with Crippen LogP contribution in [0, 0.1) is 11.3 Å².